The topological polar surface area (TPSA) is 38.7 Å². The van der Waals surface area contributed by atoms with E-state index in [9.17, 15) is 0 Å². The number of rotatable bonds is 8. The van der Waals surface area contributed by atoms with Crippen molar-refractivity contribution in [1.82, 2.24) is 0 Å². The molecule has 21 heavy (non-hydrogen) atoms. The first-order chi connectivity index (χ1) is 10.3. The largest absolute Gasteiger partial charge is 0.493 e. The minimum Gasteiger partial charge on any atom is -0.493 e. The predicted molar refractivity (Wildman–Crippen MR) is 84.2 cm³/mol. The lowest BCUT2D eigenvalue weighted by Gasteiger charge is -2.13. The summed E-state index contributed by atoms with van der Waals surface area (Å²) in [5.41, 5.74) is 1.14. The number of benzene rings is 2. The Morgan fingerprint density at radius 3 is 2.52 bits per heavy atom. The maximum Gasteiger partial charge on any atom is 0.127 e. The van der Waals surface area contributed by atoms with Gasteiger partial charge >= 0.3 is 0 Å². The summed E-state index contributed by atoms with van der Waals surface area (Å²) in [6, 6.07) is 15.6. The zero-order chi connectivity index (χ0) is 14.9. The third kappa shape index (κ3) is 4.80. The molecule has 0 saturated heterocycles. The summed E-state index contributed by atoms with van der Waals surface area (Å²) in [5, 5.41) is 8.83. The fourth-order valence-corrected chi connectivity index (χ4v) is 2.10. The Labute approximate surface area is 126 Å². The molecule has 2 rings (SSSR count). The third-order valence-corrected chi connectivity index (χ3v) is 3.09. The van der Waals surface area contributed by atoms with Crippen LogP contribution >= 0.6 is 0 Å². The third-order valence-electron chi connectivity index (χ3n) is 3.09. The molecule has 0 amide bonds. The molecular weight excluding hydrogens is 264 g/mol. The molecule has 0 aliphatic heterocycles. The molecule has 0 radical (unpaired) electrons. The van der Waals surface area contributed by atoms with Gasteiger partial charge < -0.3 is 14.6 Å². The molecule has 0 saturated carbocycles. The molecular formula is C18H22O3. The lowest BCUT2D eigenvalue weighted by Crippen LogP contribution is -2.02. The molecule has 0 unspecified atom stereocenters. The molecule has 112 valence electrons. The second kappa shape index (κ2) is 8.32. The van der Waals surface area contributed by atoms with Crippen LogP contribution in [0.25, 0.3) is 0 Å². The van der Waals surface area contributed by atoms with Gasteiger partial charge in [-0.2, -0.15) is 0 Å². The van der Waals surface area contributed by atoms with Gasteiger partial charge in [-0.3, -0.25) is 0 Å². The van der Waals surface area contributed by atoms with Gasteiger partial charge in [-0.1, -0.05) is 31.5 Å². The number of aliphatic hydroxyl groups is 1. The molecule has 0 fully saturated rings. The SMILES string of the molecule is CCCc1cc(Oc2ccccc2)ccc1OCCCO. The monoisotopic (exact) mass is 286 g/mol. The van der Waals surface area contributed by atoms with Gasteiger partial charge in [0.2, 0.25) is 0 Å². The van der Waals surface area contributed by atoms with E-state index in [-0.39, 0.29) is 6.61 Å². The summed E-state index contributed by atoms with van der Waals surface area (Å²) in [4.78, 5) is 0. The Morgan fingerprint density at radius 1 is 1.00 bits per heavy atom. The molecule has 3 heteroatoms. The van der Waals surface area contributed by atoms with Crippen LogP contribution in [-0.4, -0.2) is 18.3 Å². The number of ether oxygens (including phenoxy) is 2. The van der Waals surface area contributed by atoms with Crippen molar-refractivity contribution >= 4 is 0 Å². The number of hydrogen-bond donors (Lipinski definition) is 1. The van der Waals surface area contributed by atoms with Crippen molar-refractivity contribution in [2.45, 2.75) is 26.2 Å². The minimum absolute atomic E-state index is 0.151. The molecule has 0 atom stereocenters. The van der Waals surface area contributed by atoms with E-state index < -0.39 is 0 Å². The van der Waals surface area contributed by atoms with E-state index in [2.05, 4.69) is 6.92 Å². The van der Waals surface area contributed by atoms with Crippen molar-refractivity contribution in [2.75, 3.05) is 13.2 Å². The number of aliphatic hydroxyl groups excluding tert-OH is 1. The Kier molecular flexibility index (Phi) is 6.10. The molecule has 0 aliphatic rings. The van der Waals surface area contributed by atoms with E-state index in [1.807, 2.05) is 48.5 Å². The van der Waals surface area contributed by atoms with Crippen LogP contribution in [0.4, 0.5) is 0 Å². The number of para-hydroxylation sites is 1. The standard InChI is InChI=1S/C18H22O3/c1-2-7-15-14-17(21-16-8-4-3-5-9-16)10-11-18(15)20-13-6-12-19/h3-5,8-11,14,19H,2,6-7,12-13H2,1H3. The number of hydrogen-bond acceptors (Lipinski definition) is 3. The maximum absolute atomic E-state index is 8.83. The Bertz CT molecular complexity index is 537. The zero-order valence-electron chi connectivity index (χ0n) is 12.4. The van der Waals surface area contributed by atoms with Crippen LogP contribution in [0.15, 0.2) is 48.5 Å². The fourth-order valence-electron chi connectivity index (χ4n) is 2.10. The van der Waals surface area contributed by atoms with Crippen LogP contribution in [0, 0.1) is 0 Å². The molecule has 0 spiro atoms. The lowest BCUT2D eigenvalue weighted by molar-refractivity contribution is 0.232. The van der Waals surface area contributed by atoms with Gasteiger partial charge in [-0.15, -0.1) is 0 Å². The van der Waals surface area contributed by atoms with E-state index in [0.29, 0.717) is 13.0 Å². The average Bonchev–Trinajstić information content (AvgIpc) is 2.51. The van der Waals surface area contributed by atoms with Gasteiger partial charge in [-0.25, -0.2) is 0 Å². The molecule has 1 N–H and O–H groups in total. The number of aryl methyl sites for hydroxylation is 1. The minimum atomic E-state index is 0.151. The van der Waals surface area contributed by atoms with Crippen molar-refractivity contribution in [3.8, 4) is 17.2 Å². The van der Waals surface area contributed by atoms with Gasteiger partial charge in [0.25, 0.3) is 0 Å². The van der Waals surface area contributed by atoms with E-state index in [1.54, 1.807) is 0 Å². The van der Waals surface area contributed by atoms with Crippen LogP contribution in [0.5, 0.6) is 17.2 Å². The highest BCUT2D eigenvalue weighted by Crippen LogP contribution is 2.28. The molecule has 0 bridgehead atoms. The summed E-state index contributed by atoms with van der Waals surface area (Å²) < 4.78 is 11.6. The molecule has 0 heterocycles. The summed E-state index contributed by atoms with van der Waals surface area (Å²) in [5.74, 6) is 2.53. The Hall–Kier alpha value is -2.00. The van der Waals surface area contributed by atoms with E-state index >= 15 is 0 Å². The quantitative estimate of drug-likeness (QED) is 0.739. The van der Waals surface area contributed by atoms with Gasteiger partial charge in [0.15, 0.2) is 0 Å². The van der Waals surface area contributed by atoms with E-state index in [0.717, 1.165) is 35.7 Å². The first-order valence-electron chi connectivity index (χ1n) is 7.43. The van der Waals surface area contributed by atoms with Gasteiger partial charge in [0.1, 0.15) is 17.2 Å². The molecule has 0 aromatic heterocycles. The zero-order valence-corrected chi connectivity index (χ0v) is 12.4. The van der Waals surface area contributed by atoms with Crippen LogP contribution in [-0.2, 0) is 6.42 Å². The summed E-state index contributed by atoms with van der Waals surface area (Å²) in [6.45, 7) is 2.83. The summed E-state index contributed by atoms with van der Waals surface area (Å²) in [7, 11) is 0. The highest BCUT2D eigenvalue weighted by Gasteiger charge is 2.06. The average molecular weight is 286 g/mol. The Morgan fingerprint density at radius 2 is 1.81 bits per heavy atom. The van der Waals surface area contributed by atoms with Gasteiger partial charge in [0.05, 0.1) is 6.61 Å². The van der Waals surface area contributed by atoms with Gasteiger partial charge in [0, 0.05) is 13.0 Å². The molecule has 2 aromatic carbocycles. The normalized spacial score (nSPS) is 10.4. The summed E-state index contributed by atoms with van der Waals surface area (Å²) in [6.07, 6.45) is 2.64. The second-order valence-corrected chi connectivity index (χ2v) is 4.86. The highest BCUT2D eigenvalue weighted by molar-refractivity contribution is 5.42. The van der Waals surface area contributed by atoms with Crippen LogP contribution in [0.1, 0.15) is 25.3 Å². The first kappa shape index (κ1) is 15.4. The van der Waals surface area contributed by atoms with Crippen LogP contribution < -0.4 is 9.47 Å². The predicted octanol–water partition coefficient (Wildman–Crippen LogP) is 4.19. The molecule has 0 aliphatic carbocycles. The Balaban J connectivity index is 2.11. The maximum atomic E-state index is 8.83. The van der Waals surface area contributed by atoms with E-state index in [4.69, 9.17) is 14.6 Å². The van der Waals surface area contributed by atoms with Crippen molar-refractivity contribution in [3.63, 3.8) is 0 Å². The second-order valence-electron chi connectivity index (χ2n) is 4.86. The molecule has 2 aromatic rings. The first-order valence-corrected chi connectivity index (χ1v) is 7.43. The van der Waals surface area contributed by atoms with Gasteiger partial charge in [-0.05, 0) is 42.3 Å². The van der Waals surface area contributed by atoms with Crippen LogP contribution in [0.3, 0.4) is 0 Å². The van der Waals surface area contributed by atoms with Crippen LogP contribution in [0.2, 0.25) is 0 Å². The van der Waals surface area contributed by atoms with Crippen molar-refractivity contribution in [1.29, 1.82) is 0 Å². The van der Waals surface area contributed by atoms with Crippen molar-refractivity contribution in [3.05, 3.63) is 54.1 Å². The fraction of sp³-hybridized carbons (Fsp3) is 0.333. The highest BCUT2D eigenvalue weighted by atomic mass is 16.5. The van der Waals surface area contributed by atoms with Crippen molar-refractivity contribution < 1.29 is 14.6 Å². The summed E-state index contributed by atoms with van der Waals surface area (Å²) >= 11 is 0. The smallest absolute Gasteiger partial charge is 0.127 e. The van der Waals surface area contributed by atoms with Crippen molar-refractivity contribution in [2.24, 2.45) is 0 Å². The molecule has 3 nitrogen and oxygen atoms in total. The lowest BCUT2D eigenvalue weighted by atomic mass is 10.1. The van der Waals surface area contributed by atoms with E-state index in [1.165, 1.54) is 0 Å².